The highest BCUT2D eigenvalue weighted by Gasteiger charge is 2.23. The third kappa shape index (κ3) is 3.27. The zero-order valence-electron chi connectivity index (χ0n) is 12.7. The molecule has 0 bridgehead atoms. The van der Waals surface area contributed by atoms with Gasteiger partial charge in [0.15, 0.2) is 0 Å². The van der Waals surface area contributed by atoms with E-state index < -0.39 is 0 Å². The average molecular weight is 284 g/mol. The van der Waals surface area contributed by atoms with Gasteiger partial charge in [-0.05, 0) is 37.1 Å². The fourth-order valence-corrected chi connectivity index (χ4v) is 3.05. The predicted molar refractivity (Wildman–Crippen MR) is 86.5 cm³/mol. The molecule has 1 aromatic carbocycles. The van der Waals surface area contributed by atoms with Crippen molar-refractivity contribution in [2.24, 2.45) is 0 Å². The van der Waals surface area contributed by atoms with Crippen LogP contribution >= 0.6 is 0 Å². The highest BCUT2D eigenvalue weighted by Crippen LogP contribution is 2.33. The summed E-state index contributed by atoms with van der Waals surface area (Å²) >= 11 is 0. The van der Waals surface area contributed by atoms with Gasteiger partial charge in [0.25, 0.3) is 0 Å². The smallest absolute Gasteiger partial charge is 0.0584 e. The molecule has 1 atom stereocenters. The number of rotatable bonds is 6. The van der Waals surface area contributed by atoms with E-state index in [-0.39, 0.29) is 0 Å². The summed E-state index contributed by atoms with van der Waals surface area (Å²) in [6, 6.07) is 11.3. The Morgan fingerprint density at radius 2 is 2.14 bits per heavy atom. The predicted octanol–water partition coefficient (Wildman–Crippen LogP) is 2.83. The molecule has 21 heavy (non-hydrogen) atoms. The summed E-state index contributed by atoms with van der Waals surface area (Å²) < 4.78 is 2.00. The molecule has 0 fully saturated rings. The average Bonchev–Trinajstić information content (AvgIpc) is 3.04. The highest BCUT2D eigenvalue weighted by atomic mass is 15.3. The van der Waals surface area contributed by atoms with Crippen molar-refractivity contribution in [3.8, 4) is 0 Å². The van der Waals surface area contributed by atoms with E-state index in [0.29, 0.717) is 6.04 Å². The van der Waals surface area contributed by atoms with Crippen LogP contribution in [0.25, 0.3) is 0 Å². The van der Waals surface area contributed by atoms with Crippen molar-refractivity contribution < 1.29 is 0 Å². The number of nitrogens with zero attached hydrogens (tertiary/aromatic N) is 3. The Kier molecular flexibility index (Phi) is 4.55. The van der Waals surface area contributed by atoms with Crippen molar-refractivity contribution in [2.45, 2.75) is 32.4 Å². The largest absolute Gasteiger partial charge is 0.369 e. The Morgan fingerprint density at radius 1 is 1.24 bits per heavy atom. The molecule has 1 aromatic heterocycles. The molecule has 1 aliphatic heterocycles. The van der Waals surface area contributed by atoms with Crippen LogP contribution in [0.2, 0.25) is 0 Å². The maximum atomic E-state index is 4.29. The molecule has 0 amide bonds. The van der Waals surface area contributed by atoms with Crippen molar-refractivity contribution in [3.63, 3.8) is 0 Å². The molecule has 3 rings (SSSR count). The summed E-state index contributed by atoms with van der Waals surface area (Å²) in [5.41, 5.74) is 2.82. The lowest BCUT2D eigenvalue weighted by molar-refractivity contribution is 0.469. The van der Waals surface area contributed by atoms with E-state index in [4.69, 9.17) is 0 Å². The molecule has 1 aliphatic rings. The van der Waals surface area contributed by atoms with E-state index in [1.807, 2.05) is 23.1 Å². The van der Waals surface area contributed by atoms with Gasteiger partial charge in [0, 0.05) is 37.2 Å². The fourth-order valence-electron chi connectivity index (χ4n) is 3.05. The van der Waals surface area contributed by atoms with Gasteiger partial charge in [0.1, 0.15) is 0 Å². The van der Waals surface area contributed by atoms with Crippen LogP contribution in [0.15, 0.2) is 42.7 Å². The van der Waals surface area contributed by atoms with Crippen molar-refractivity contribution in [3.05, 3.63) is 48.3 Å². The normalized spacial score (nSPS) is 17.8. The zero-order chi connectivity index (χ0) is 14.5. The molecule has 0 saturated heterocycles. The van der Waals surface area contributed by atoms with Crippen molar-refractivity contribution in [1.82, 2.24) is 15.1 Å². The lowest BCUT2D eigenvalue weighted by Gasteiger charge is -2.36. The number of para-hydroxylation sites is 1. The lowest BCUT2D eigenvalue weighted by atomic mass is 9.96. The topological polar surface area (TPSA) is 33.1 Å². The van der Waals surface area contributed by atoms with Crippen LogP contribution < -0.4 is 10.2 Å². The van der Waals surface area contributed by atoms with Gasteiger partial charge in [-0.2, -0.15) is 5.10 Å². The Bertz CT molecular complexity index is 550. The summed E-state index contributed by atoms with van der Waals surface area (Å²) in [5, 5.41) is 7.96. The fraction of sp³-hybridized carbons (Fsp3) is 0.471. The second-order valence-corrected chi connectivity index (χ2v) is 5.61. The SMILES string of the molecule is CCCNC1CCN(CCn2cccn2)c2ccccc21. The summed E-state index contributed by atoms with van der Waals surface area (Å²) in [7, 11) is 0. The monoisotopic (exact) mass is 284 g/mol. The number of hydrogen-bond acceptors (Lipinski definition) is 3. The summed E-state index contributed by atoms with van der Waals surface area (Å²) in [5.74, 6) is 0. The first kappa shape index (κ1) is 14.1. The second kappa shape index (κ2) is 6.76. The quantitative estimate of drug-likeness (QED) is 0.885. The first-order chi connectivity index (χ1) is 10.4. The molecule has 0 saturated carbocycles. The van der Waals surface area contributed by atoms with Crippen LogP contribution in [0.3, 0.4) is 0 Å². The molecule has 4 nitrogen and oxygen atoms in total. The third-order valence-electron chi connectivity index (χ3n) is 4.14. The molecule has 112 valence electrons. The minimum absolute atomic E-state index is 0.502. The Hall–Kier alpha value is -1.81. The highest BCUT2D eigenvalue weighted by molar-refractivity contribution is 5.56. The minimum atomic E-state index is 0.502. The number of benzene rings is 1. The maximum absolute atomic E-state index is 4.29. The second-order valence-electron chi connectivity index (χ2n) is 5.61. The van der Waals surface area contributed by atoms with Crippen LogP contribution in [0.5, 0.6) is 0 Å². The number of anilines is 1. The first-order valence-electron chi connectivity index (χ1n) is 7.93. The van der Waals surface area contributed by atoms with Crippen LogP contribution in [0.1, 0.15) is 31.4 Å². The third-order valence-corrected chi connectivity index (χ3v) is 4.14. The van der Waals surface area contributed by atoms with Gasteiger partial charge in [-0.1, -0.05) is 25.1 Å². The van der Waals surface area contributed by atoms with Crippen LogP contribution in [-0.2, 0) is 6.54 Å². The summed E-state index contributed by atoms with van der Waals surface area (Å²) in [4.78, 5) is 2.49. The van der Waals surface area contributed by atoms with Crippen molar-refractivity contribution in [1.29, 1.82) is 0 Å². The Labute approximate surface area is 126 Å². The lowest BCUT2D eigenvalue weighted by Crippen LogP contribution is -2.37. The van der Waals surface area contributed by atoms with Gasteiger partial charge >= 0.3 is 0 Å². The van der Waals surface area contributed by atoms with Gasteiger partial charge in [-0.25, -0.2) is 0 Å². The molecule has 1 unspecified atom stereocenters. The number of aromatic nitrogens is 2. The Balaban J connectivity index is 1.71. The molecule has 2 aromatic rings. The molecular formula is C17H24N4. The molecule has 0 radical (unpaired) electrons. The number of fused-ring (bicyclic) bond motifs is 1. The maximum Gasteiger partial charge on any atom is 0.0584 e. The summed E-state index contributed by atoms with van der Waals surface area (Å²) in [6.45, 7) is 6.37. The standard InChI is InChI=1S/C17H24N4/c1-2-9-18-16-8-12-20(13-14-21-11-5-10-19-21)17-7-4-3-6-15(16)17/h3-7,10-11,16,18H,2,8-9,12-14H2,1H3. The van der Waals surface area contributed by atoms with E-state index in [9.17, 15) is 0 Å². The first-order valence-corrected chi connectivity index (χ1v) is 7.93. The number of hydrogen-bond donors (Lipinski definition) is 1. The zero-order valence-corrected chi connectivity index (χ0v) is 12.7. The molecule has 1 N–H and O–H groups in total. The van der Waals surface area contributed by atoms with Gasteiger partial charge in [0.2, 0.25) is 0 Å². The van der Waals surface area contributed by atoms with Crippen LogP contribution in [0.4, 0.5) is 5.69 Å². The van der Waals surface area contributed by atoms with E-state index in [1.165, 1.54) is 24.1 Å². The minimum Gasteiger partial charge on any atom is -0.369 e. The van der Waals surface area contributed by atoms with Crippen molar-refractivity contribution >= 4 is 5.69 Å². The Morgan fingerprint density at radius 3 is 2.95 bits per heavy atom. The van der Waals surface area contributed by atoms with E-state index >= 15 is 0 Å². The molecule has 0 aliphatic carbocycles. The van der Waals surface area contributed by atoms with Gasteiger partial charge in [0.05, 0.1) is 6.54 Å². The van der Waals surface area contributed by atoms with Crippen LogP contribution in [-0.4, -0.2) is 29.4 Å². The van der Waals surface area contributed by atoms with E-state index in [1.54, 1.807) is 0 Å². The van der Waals surface area contributed by atoms with E-state index in [2.05, 4.69) is 46.5 Å². The van der Waals surface area contributed by atoms with Crippen LogP contribution in [0, 0.1) is 0 Å². The molecule has 0 spiro atoms. The summed E-state index contributed by atoms with van der Waals surface area (Å²) in [6.07, 6.45) is 6.23. The van der Waals surface area contributed by atoms with Gasteiger partial charge < -0.3 is 10.2 Å². The van der Waals surface area contributed by atoms with Crippen molar-refractivity contribution in [2.75, 3.05) is 24.5 Å². The van der Waals surface area contributed by atoms with E-state index in [0.717, 1.165) is 26.2 Å². The molecule has 4 heteroatoms. The molecular weight excluding hydrogens is 260 g/mol. The molecule has 2 heterocycles. The van der Waals surface area contributed by atoms with Gasteiger partial charge in [-0.3, -0.25) is 4.68 Å². The number of nitrogens with one attached hydrogen (secondary N) is 1. The van der Waals surface area contributed by atoms with Gasteiger partial charge in [-0.15, -0.1) is 0 Å².